The van der Waals surface area contributed by atoms with E-state index in [1.807, 2.05) is 19.2 Å². The van der Waals surface area contributed by atoms with E-state index in [4.69, 9.17) is 0 Å². The monoisotopic (exact) mass is 327 g/mol. The van der Waals surface area contributed by atoms with E-state index in [0.29, 0.717) is 18.0 Å². The minimum Gasteiger partial charge on any atom is -0.323 e. The van der Waals surface area contributed by atoms with Crippen LogP contribution in [-0.4, -0.2) is 29.3 Å². The molecule has 1 aromatic rings. The van der Waals surface area contributed by atoms with Crippen molar-refractivity contribution in [1.29, 1.82) is 0 Å². The highest BCUT2D eigenvalue weighted by Gasteiger charge is 2.32. The van der Waals surface area contributed by atoms with Gasteiger partial charge in [0.1, 0.15) is 5.69 Å². The molecule has 0 atom stereocenters. The molecule has 118 valence electrons. The van der Waals surface area contributed by atoms with Crippen LogP contribution in [0.4, 0.5) is 0 Å². The van der Waals surface area contributed by atoms with Crippen molar-refractivity contribution in [1.82, 2.24) is 4.98 Å². The largest absolute Gasteiger partial charge is 0.323 e. The van der Waals surface area contributed by atoms with Crippen molar-refractivity contribution in [3.05, 3.63) is 16.1 Å². The predicted molar refractivity (Wildman–Crippen MR) is 90.4 cm³/mol. The van der Waals surface area contributed by atoms with Gasteiger partial charge in [-0.25, -0.2) is 4.98 Å². The molecule has 0 spiro atoms. The Labute approximate surface area is 131 Å². The van der Waals surface area contributed by atoms with Crippen molar-refractivity contribution in [3.8, 4) is 0 Å². The second-order valence-electron chi connectivity index (χ2n) is 6.43. The van der Waals surface area contributed by atoms with E-state index in [1.54, 1.807) is 11.3 Å². The molecular formula is C16H26NO2PS. The van der Waals surface area contributed by atoms with E-state index in [-0.39, 0.29) is 17.4 Å². The summed E-state index contributed by atoms with van der Waals surface area (Å²) >= 11 is 1.60. The summed E-state index contributed by atoms with van der Waals surface area (Å²) in [4.78, 5) is 17.0. The summed E-state index contributed by atoms with van der Waals surface area (Å²) in [6.45, 7) is 6.09. The molecule has 0 saturated heterocycles. The molecule has 0 radical (unpaired) electrons. The van der Waals surface area contributed by atoms with Crippen LogP contribution in [0.5, 0.6) is 0 Å². The lowest BCUT2D eigenvalue weighted by Crippen LogP contribution is -2.25. The molecule has 0 bridgehead atoms. The lowest BCUT2D eigenvalue weighted by atomic mass is 9.76. The van der Waals surface area contributed by atoms with Crippen LogP contribution < -0.4 is 0 Å². The van der Waals surface area contributed by atoms with Crippen LogP contribution in [0.1, 0.15) is 68.4 Å². The summed E-state index contributed by atoms with van der Waals surface area (Å²) in [6.07, 6.45) is 7.52. The van der Waals surface area contributed by atoms with Gasteiger partial charge in [0.2, 0.25) is 0 Å². The number of hydrogen-bond acceptors (Lipinski definition) is 4. The van der Waals surface area contributed by atoms with Crippen LogP contribution in [-0.2, 0) is 9.98 Å². The number of rotatable bonds is 6. The van der Waals surface area contributed by atoms with Crippen LogP contribution in [0.2, 0.25) is 0 Å². The van der Waals surface area contributed by atoms with Gasteiger partial charge in [0.25, 0.3) is 0 Å². The summed E-state index contributed by atoms with van der Waals surface area (Å²) in [5.41, 5.74) is 0.671. The van der Waals surface area contributed by atoms with Gasteiger partial charge >= 0.3 is 0 Å². The molecule has 5 heteroatoms. The van der Waals surface area contributed by atoms with E-state index in [1.165, 1.54) is 19.3 Å². The molecule has 1 saturated carbocycles. The van der Waals surface area contributed by atoms with Crippen LogP contribution in [0.25, 0.3) is 0 Å². The summed E-state index contributed by atoms with van der Waals surface area (Å²) in [5, 5.41) is 2.96. The van der Waals surface area contributed by atoms with Gasteiger partial charge in [-0.15, -0.1) is 11.3 Å². The number of hydrogen-bond donors (Lipinski definition) is 0. The average Bonchev–Trinajstić information content (AvgIpc) is 2.98. The Kier molecular flexibility index (Phi) is 5.43. The van der Waals surface area contributed by atoms with E-state index in [0.717, 1.165) is 17.8 Å². The smallest absolute Gasteiger partial charge is 0.189 e. The lowest BCUT2D eigenvalue weighted by molar-refractivity contribution is 0.101. The number of carbonyl (C=O) groups excluding carboxylic acids is 1. The fraction of sp³-hybridized carbons (Fsp3) is 0.750. The molecule has 0 amide bonds. The van der Waals surface area contributed by atoms with Gasteiger partial charge in [-0.3, -0.25) is 4.79 Å². The SMILES string of the molecule is CCP(=O)(CC)CC(=O)c1csc(C2(C)CCCCC2)n1. The van der Waals surface area contributed by atoms with Crippen molar-refractivity contribution in [2.75, 3.05) is 18.5 Å². The van der Waals surface area contributed by atoms with E-state index < -0.39 is 7.14 Å². The molecule has 1 fully saturated rings. The molecule has 0 aliphatic heterocycles. The minimum atomic E-state index is -2.33. The van der Waals surface area contributed by atoms with E-state index in [2.05, 4.69) is 11.9 Å². The molecule has 1 aromatic heterocycles. The first-order valence-corrected chi connectivity index (χ1v) is 11.1. The molecular weight excluding hydrogens is 301 g/mol. The summed E-state index contributed by atoms with van der Waals surface area (Å²) < 4.78 is 12.5. The van der Waals surface area contributed by atoms with Gasteiger partial charge in [-0.1, -0.05) is 40.0 Å². The Morgan fingerprint density at radius 2 is 1.90 bits per heavy atom. The number of ketones is 1. The van der Waals surface area contributed by atoms with E-state index >= 15 is 0 Å². The van der Waals surface area contributed by atoms with Crippen LogP contribution in [0.3, 0.4) is 0 Å². The third-order valence-corrected chi connectivity index (χ3v) is 9.16. The fourth-order valence-electron chi connectivity index (χ4n) is 3.01. The number of nitrogens with zero attached hydrogens (tertiary/aromatic N) is 1. The zero-order valence-electron chi connectivity index (χ0n) is 13.4. The molecule has 0 aromatic carbocycles. The molecule has 1 aliphatic carbocycles. The fourth-order valence-corrected chi connectivity index (χ4v) is 5.64. The van der Waals surface area contributed by atoms with Gasteiger partial charge in [-0.2, -0.15) is 0 Å². The Morgan fingerprint density at radius 3 is 2.48 bits per heavy atom. The van der Waals surface area contributed by atoms with Crippen molar-refractivity contribution >= 4 is 24.3 Å². The third-order valence-electron chi connectivity index (χ3n) is 4.85. The topological polar surface area (TPSA) is 47.0 Å². The molecule has 1 heterocycles. The van der Waals surface area contributed by atoms with Gasteiger partial charge in [0, 0.05) is 10.8 Å². The van der Waals surface area contributed by atoms with Crippen LogP contribution in [0, 0.1) is 0 Å². The lowest BCUT2D eigenvalue weighted by Gasteiger charge is -2.31. The summed E-state index contributed by atoms with van der Waals surface area (Å²) in [6, 6.07) is 0. The molecule has 1 aliphatic rings. The van der Waals surface area contributed by atoms with Crippen molar-refractivity contribution in [2.24, 2.45) is 0 Å². The van der Waals surface area contributed by atoms with Crippen molar-refractivity contribution in [2.45, 2.75) is 58.3 Å². The average molecular weight is 327 g/mol. The molecule has 2 rings (SSSR count). The molecule has 0 N–H and O–H groups in total. The zero-order valence-corrected chi connectivity index (χ0v) is 15.1. The van der Waals surface area contributed by atoms with Crippen molar-refractivity contribution in [3.63, 3.8) is 0 Å². The normalized spacial score (nSPS) is 18.6. The molecule has 21 heavy (non-hydrogen) atoms. The highest BCUT2D eigenvalue weighted by molar-refractivity contribution is 7.64. The maximum absolute atomic E-state index is 12.5. The highest BCUT2D eigenvalue weighted by Crippen LogP contribution is 2.45. The van der Waals surface area contributed by atoms with Crippen LogP contribution >= 0.6 is 18.5 Å². The zero-order chi connectivity index (χ0) is 15.5. The van der Waals surface area contributed by atoms with Gasteiger partial charge in [0.15, 0.2) is 5.78 Å². The first-order chi connectivity index (χ1) is 9.92. The second-order valence-corrected chi connectivity index (χ2v) is 11.0. The third kappa shape index (κ3) is 3.84. The number of carbonyl (C=O) groups is 1. The first-order valence-electron chi connectivity index (χ1n) is 7.99. The maximum atomic E-state index is 12.5. The summed E-state index contributed by atoms with van der Waals surface area (Å²) in [5.74, 6) is -0.0380. The number of thiazole rings is 1. The summed E-state index contributed by atoms with van der Waals surface area (Å²) in [7, 11) is -2.33. The van der Waals surface area contributed by atoms with Gasteiger partial charge in [0.05, 0.1) is 18.3 Å². The standard InChI is InChI=1S/C16H26NO2PS/c1-4-20(19,5-2)11-14(18)13-12-21-15(17-13)16(3)9-7-6-8-10-16/h12H,4-11H2,1-3H3. The molecule has 3 nitrogen and oxygen atoms in total. The predicted octanol–water partition coefficient (Wildman–Crippen LogP) is 4.95. The number of Topliss-reactive ketones (excluding diaryl/α,β-unsaturated/α-hetero) is 1. The first kappa shape index (κ1) is 16.9. The second kappa shape index (κ2) is 6.75. The minimum absolute atomic E-state index is 0.0380. The Balaban J connectivity index is 2.12. The molecule has 0 unspecified atom stereocenters. The Hall–Kier alpha value is -0.470. The van der Waals surface area contributed by atoms with Gasteiger partial charge in [-0.05, 0) is 25.2 Å². The Bertz CT molecular complexity index is 538. The highest BCUT2D eigenvalue weighted by atomic mass is 32.1. The quantitative estimate of drug-likeness (QED) is 0.548. The Morgan fingerprint density at radius 1 is 1.29 bits per heavy atom. The van der Waals surface area contributed by atoms with Gasteiger partial charge < -0.3 is 4.57 Å². The van der Waals surface area contributed by atoms with E-state index in [9.17, 15) is 9.36 Å². The number of aromatic nitrogens is 1. The van der Waals surface area contributed by atoms with Crippen molar-refractivity contribution < 1.29 is 9.36 Å². The van der Waals surface area contributed by atoms with Crippen LogP contribution in [0.15, 0.2) is 5.38 Å². The maximum Gasteiger partial charge on any atom is 0.189 e.